The van der Waals surface area contributed by atoms with E-state index in [-0.39, 0.29) is 0 Å². The Morgan fingerprint density at radius 3 is 0.842 bits per heavy atom. The average Bonchev–Trinajstić information content (AvgIpc) is 3.27. The number of hydrogen-bond donors (Lipinski definition) is 0. The van der Waals surface area contributed by atoms with E-state index in [0.29, 0.717) is 17.2 Å². The molecule has 0 N–H and O–H groups in total. The lowest BCUT2D eigenvalue weighted by molar-refractivity contribution is 0.324. The molecule has 6 aromatic rings. The van der Waals surface area contributed by atoms with Gasteiger partial charge in [-0.05, 0) is 106 Å². The minimum atomic E-state index is 0.560. The van der Waals surface area contributed by atoms with Crippen LogP contribution in [0.1, 0.15) is 33.4 Å². The molecule has 0 radical (unpaired) electrons. The van der Waals surface area contributed by atoms with Crippen LogP contribution < -0.4 is 38.1 Å². The second-order valence-corrected chi connectivity index (χ2v) is 12.9. The van der Waals surface area contributed by atoms with Crippen LogP contribution in [0.3, 0.4) is 0 Å². The average molecular weight is 762 g/mol. The van der Waals surface area contributed by atoms with E-state index in [1.807, 2.05) is 54.6 Å². The second-order valence-electron chi connectivity index (χ2n) is 12.9. The number of ether oxygens (including phenoxy) is 7. The summed E-state index contributed by atoms with van der Waals surface area (Å²) in [4.78, 5) is 2.24. The number of rotatable bonds is 16. The molecular formula is C49H47NO7. The van der Waals surface area contributed by atoms with Crippen LogP contribution >= 0.6 is 0 Å². The highest BCUT2D eigenvalue weighted by Gasteiger charge is 2.14. The zero-order valence-electron chi connectivity index (χ0n) is 33.3. The third-order valence-electron chi connectivity index (χ3n) is 9.29. The predicted molar refractivity (Wildman–Crippen MR) is 233 cm³/mol. The molecule has 0 saturated carbocycles. The van der Waals surface area contributed by atoms with E-state index < -0.39 is 0 Å². The predicted octanol–water partition coefficient (Wildman–Crippen LogP) is 11.7. The van der Waals surface area contributed by atoms with Crippen molar-refractivity contribution in [2.75, 3.05) is 54.7 Å². The van der Waals surface area contributed by atoms with Gasteiger partial charge in [0.1, 0.15) is 23.0 Å². The van der Waals surface area contributed by atoms with E-state index in [4.69, 9.17) is 33.2 Å². The van der Waals surface area contributed by atoms with Gasteiger partial charge in [-0.25, -0.2) is 0 Å². The van der Waals surface area contributed by atoms with E-state index >= 15 is 0 Å². The van der Waals surface area contributed by atoms with Gasteiger partial charge in [0, 0.05) is 29.2 Å². The first-order valence-corrected chi connectivity index (χ1v) is 18.3. The maximum Gasteiger partial charge on any atom is 0.203 e. The lowest BCUT2D eigenvalue weighted by Crippen LogP contribution is -2.09. The Labute approximate surface area is 335 Å². The van der Waals surface area contributed by atoms with Gasteiger partial charge in [0.25, 0.3) is 0 Å². The molecule has 0 aliphatic rings. The summed E-state index contributed by atoms with van der Waals surface area (Å²) in [5.41, 5.74) is 9.09. The van der Waals surface area contributed by atoms with Crippen LogP contribution in [0.25, 0.3) is 36.5 Å². The quantitative estimate of drug-likeness (QED) is 0.0903. The maximum absolute atomic E-state index is 5.54. The lowest BCUT2D eigenvalue weighted by Gasteiger charge is -2.26. The minimum absolute atomic E-state index is 0.560. The van der Waals surface area contributed by atoms with Crippen molar-refractivity contribution in [1.82, 2.24) is 0 Å². The molecule has 8 nitrogen and oxygen atoms in total. The Kier molecular flexibility index (Phi) is 13.2. The first-order valence-electron chi connectivity index (χ1n) is 18.3. The van der Waals surface area contributed by atoms with Crippen LogP contribution in [0.4, 0.5) is 17.1 Å². The van der Waals surface area contributed by atoms with Crippen molar-refractivity contribution in [3.05, 3.63) is 155 Å². The third kappa shape index (κ3) is 9.98. The number of nitrogens with zero attached hydrogens (tertiary/aromatic N) is 1. The molecule has 6 rings (SSSR count). The van der Waals surface area contributed by atoms with Crippen LogP contribution in [0, 0.1) is 0 Å². The normalized spacial score (nSPS) is 11.2. The van der Waals surface area contributed by atoms with Crippen LogP contribution in [0.15, 0.2) is 121 Å². The standard InChI is InChI=1S/C49H47NO7/c1-51-43-26-37(27-44(32-43)52-2)11-8-34-14-20-40(21-15-34)50(41-22-16-35(17-23-41)9-12-38-28-45(53-3)33-46(29-38)54-4)42-24-18-36(19-25-42)10-13-39-30-47(55-5)49(57-7)48(31-39)56-6/h8-33H,1-7H3. The molecule has 0 aliphatic heterocycles. The Balaban J connectivity index is 1.29. The molecule has 0 heterocycles. The van der Waals surface area contributed by atoms with E-state index in [2.05, 4.69) is 108 Å². The molecular weight excluding hydrogens is 715 g/mol. The highest BCUT2D eigenvalue weighted by molar-refractivity contribution is 5.81. The van der Waals surface area contributed by atoms with Crippen molar-refractivity contribution >= 4 is 53.5 Å². The first kappa shape index (κ1) is 39.6. The fourth-order valence-electron chi connectivity index (χ4n) is 6.28. The molecule has 0 amide bonds. The SMILES string of the molecule is COc1cc(C=Cc2ccc(N(c3ccc(C=Cc4cc(OC)cc(OC)c4)cc3)c3ccc(C=Cc4cc(OC)c(OC)c(OC)c4)cc3)cc2)cc(OC)c1. The second kappa shape index (κ2) is 19.0. The number of methoxy groups -OCH3 is 7. The molecule has 0 aliphatic carbocycles. The first-order chi connectivity index (χ1) is 27.9. The Bertz CT molecular complexity index is 2170. The monoisotopic (exact) mass is 761 g/mol. The fourth-order valence-corrected chi connectivity index (χ4v) is 6.28. The van der Waals surface area contributed by atoms with Gasteiger partial charge in [-0.3, -0.25) is 0 Å². The molecule has 6 aromatic carbocycles. The molecule has 0 atom stereocenters. The van der Waals surface area contributed by atoms with Gasteiger partial charge in [-0.2, -0.15) is 0 Å². The van der Waals surface area contributed by atoms with Crippen molar-refractivity contribution in [3.63, 3.8) is 0 Å². The number of hydrogen-bond acceptors (Lipinski definition) is 8. The topological polar surface area (TPSA) is 67.9 Å². The lowest BCUT2D eigenvalue weighted by atomic mass is 10.1. The van der Waals surface area contributed by atoms with Crippen molar-refractivity contribution in [2.45, 2.75) is 0 Å². The molecule has 8 heteroatoms. The highest BCUT2D eigenvalue weighted by atomic mass is 16.5. The van der Waals surface area contributed by atoms with E-state index in [0.717, 1.165) is 73.4 Å². The summed E-state index contributed by atoms with van der Waals surface area (Å²) in [5, 5.41) is 0. The fraction of sp³-hybridized carbons (Fsp3) is 0.143. The minimum Gasteiger partial charge on any atom is -0.497 e. The van der Waals surface area contributed by atoms with Crippen LogP contribution in [0.5, 0.6) is 40.2 Å². The largest absolute Gasteiger partial charge is 0.497 e. The Morgan fingerprint density at radius 2 is 0.579 bits per heavy atom. The molecule has 0 spiro atoms. The summed E-state index contributed by atoms with van der Waals surface area (Å²) in [6.45, 7) is 0. The zero-order chi connectivity index (χ0) is 40.1. The smallest absolute Gasteiger partial charge is 0.203 e. The van der Waals surface area contributed by atoms with Crippen molar-refractivity contribution < 1.29 is 33.2 Å². The van der Waals surface area contributed by atoms with Crippen molar-refractivity contribution in [3.8, 4) is 40.2 Å². The maximum atomic E-state index is 5.54. The van der Waals surface area contributed by atoms with Crippen LogP contribution in [-0.2, 0) is 0 Å². The van der Waals surface area contributed by atoms with Gasteiger partial charge < -0.3 is 38.1 Å². The summed E-state index contributed by atoms with van der Waals surface area (Å²) in [7, 11) is 11.4. The molecule has 0 bridgehead atoms. The molecule has 0 saturated heterocycles. The molecule has 290 valence electrons. The molecule has 0 aromatic heterocycles. The van der Waals surface area contributed by atoms with E-state index in [1.165, 1.54) is 0 Å². The van der Waals surface area contributed by atoms with Gasteiger partial charge in [0.2, 0.25) is 5.75 Å². The summed E-state index contributed by atoms with van der Waals surface area (Å²) < 4.78 is 38.4. The third-order valence-corrected chi connectivity index (χ3v) is 9.29. The van der Waals surface area contributed by atoms with Gasteiger partial charge in [0.05, 0.1) is 49.8 Å². The molecule has 0 fully saturated rings. The number of benzene rings is 6. The van der Waals surface area contributed by atoms with E-state index in [1.54, 1.807) is 49.8 Å². The number of anilines is 3. The highest BCUT2D eigenvalue weighted by Crippen LogP contribution is 2.39. The van der Waals surface area contributed by atoms with Crippen molar-refractivity contribution in [2.24, 2.45) is 0 Å². The van der Waals surface area contributed by atoms with Crippen molar-refractivity contribution in [1.29, 1.82) is 0 Å². The Morgan fingerprint density at radius 1 is 0.298 bits per heavy atom. The van der Waals surface area contributed by atoms with Gasteiger partial charge in [-0.1, -0.05) is 72.9 Å². The van der Waals surface area contributed by atoms with Crippen LogP contribution in [0.2, 0.25) is 0 Å². The van der Waals surface area contributed by atoms with E-state index in [9.17, 15) is 0 Å². The van der Waals surface area contributed by atoms with Gasteiger partial charge in [-0.15, -0.1) is 0 Å². The molecule has 0 unspecified atom stereocenters. The zero-order valence-corrected chi connectivity index (χ0v) is 33.3. The summed E-state index contributed by atoms with van der Waals surface area (Å²) in [5.74, 6) is 4.73. The Hall–Kier alpha value is -7.06. The summed E-state index contributed by atoms with van der Waals surface area (Å²) >= 11 is 0. The summed E-state index contributed by atoms with van der Waals surface area (Å²) in [6.07, 6.45) is 12.4. The summed E-state index contributed by atoms with van der Waals surface area (Å²) in [6, 6.07) is 40.9. The van der Waals surface area contributed by atoms with Gasteiger partial charge in [0.15, 0.2) is 11.5 Å². The van der Waals surface area contributed by atoms with Gasteiger partial charge >= 0.3 is 0 Å². The van der Waals surface area contributed by atoms with Crippen LogP contribution in [-0.4, -0.2) is 49.8 Å². The molecule has 57 heavy (non-hydrogen) atoms.